The molecular weight excluding hydrogens is 292 g/mol. The summed E-state index contributed by atoms with van der Waals surface area (Å²) in [7, 11) is 0. The second-order valence-electron chi connectivity index (χ2n) is 4.19. The zero-order chi connectivity index (χ0) is 12.9. The zero-order valence-corrected chi connectivity index (χ0v) is 12.8. The standard InChI is InChI=1S/C14H14N2S3/c1-2-14(18-5-1)11-6-13(19-8-11)7-15-4-3-12-9-17-10-16-12/h1-2,5-6,8-10,15H,3-4,7H2. The Labute approximate surface area is 124 Å². The van der Waals surface area contributed by atoms with E-state index in [0.29, 0.717) is 0 Å². The molecule has 1 N–H and O–H groups in total. The number of hydrogen-bond donors (Lipinski definition) is 1. The third-order valence-corrected chi connectivity index (χ3v) is 5.29. The minimum absolute atomic E-state index is 0.945. The third-order valence-electron chi connectivity index (χ3n) is 2.80. The highest BCUT2D eigenvalue weighted by Gasteiger charge is 2.03. The fourth-order valence-electron chi connectivity index (χ4n) is 1.83. The van der Waals surface area contributed by atoms with E-state index in [4.69, 9.17) is 0 Å². The summed E-state index contributed by atoms with van der Waals surface area (Å²) in [4.78, 5) is 7.02. The lowest BCUT2D eigenvalue weighted by atomic mass is 10.2. The molecule has 19 heavy (non-hydrogen) atoms. The van der Waals surface area contributed by atoms with E-state index in [1.165, 1.54) is 21.0 Å². The molecular formula is C14H14N2S3. The SMILES string of the molecule is c1csc(-c2csc(CNCCc3cscn3)c2)c1. The third kappa shape index (κ3) is 3.51. The number of thiophene rings is 2. The first-order valence-corrected chi connectivity index (χ1v) is 8.81. The number of thiazole rings is 1. The van der Waals surface area contributed by atoms with E-state index in [0.717, 1.165) is 19.5 Å². The molecule has 0 saturated carbocycles. The molecule has 98 valence electrons. The summed E-state index contributed by atoms with van der Waals surface area (Å²) in [6.45, 7) is 1.93. The maximum atomic E-state index is 4.28. The highest BCUT2D eigenvalue weighted by Crippen LogP contribution is 2.29. The van der Waals surface area contributed by atoms with Crippen LogP contribution in [-0.2, 0) is 13.0 Å². The van der Waals surface area contributed by atoms with Crippen molar-refractivity contribution in [3.63, 3.8) is 0 Å². The second-order valence-corrected chi connectivity index (χ2v) is 6.85. The highest BCUT2D eigenvalue weighted by atomic mass is 32.1. The van der Waals surface area contributed by atoms with E-state index < -0.39 is 0 Å². The number of nitrogens with zero attached hydrogens (tertiary/aromatic N) is 1. The molecule has 0 saturated heterocycles. The van der Waals surface area contributed by atoms with Gasteiger partial charge in [-0.25, -0.2) is 4.98 Å². The van der Waals surface area contributed by atoms with Crippen molar-refractivity contribution in [1.29, 1.82) is 0 Å². The van der Waals surface area contributed by atoms with Crippen LogP contribution in [0.25, 0.3) is 10.4 Å². The van der Waals surface area contributed by atoms with Gasteiger partial charge in [-0.3, -0.25) is 0 Å². The molecule has 0 atom stereocenters. The Morgan fingerprint density at radius 3 is 3.00 bits per heavy atom. The summed E-state index contributed by atoms with van der Waals surface area (Å²) >= 11 is 5.28. The van der Waals surface area contributed by atoms with Gasteiger partial charge in [-0.1, -0.05) is 6.07 Å². The molecule has 3 heterocycles. The van der Waals surface area contributed by atoms with E-state index in [1.807, 2.05) is 16.8 Å². The first-order valence-electron chi connectivity index (χ1n) is 6.11. The summed E-state index contributed by atoms with van der Waals surface area (Å²) in [5, 5.41) is 9.95. The van der Waals surface area contributed by atoms with Gasteiger partial charge in [0.1, 0.15) is 0 Å². The molecule has 0 aliphatic heterocycles. The maximum Gasteiger partial charge on any atom is 0.0794 e. The van der Waals surface area contributed by atoms with Crippen molar-refractivity contribution in [3.8, 4) is 10.4 Å². The van der Waals surface area contributed by atoms with E-state index in [9.17, 15) is 0 Å². The van der Waals surface area contributed by atoms with Crippen LogP contribution in [0.4, 0.5) is 0 Å². The van der Waals surface area contributed by atoms with Crippen molar-refractivity contribution in [2.75, 3.05) is 6.54 Å². The first-order chi connectivity index (χ1) is 9.42. The van der Waals surface area contributed by atoms with Gasteiger partial charge in [0, 0.05) is 40.2 Å². The average Bonchev–Trinajstić information content (AvgIpc) is 3.15. The van der Waals surface area contributed by atoms with Crippen LogP contribution in [0.15, 0.2) is 39.8 Å². The van der Waals surface area contributed by atoms with E-state index in [-0.39, 0.29) is 0 Å². The maximum absolute atomic E-state index is 4.28. The quantitative estimate of drug-likeness (QED) is 0.688. The topological polar surface area (TPSA) is 24.9 Å². The summed E-state index contributed by atoms with van der Waals surface area (Å²) in [6, 6.07) is 6.56. The Kier molecular flexibility index (Phi) is 4.40. The van der Waals surface area contributed by atoms with Crippen LogP contribution in [0, 0.1) is 0 Å². The van der Waals surface area contributed by atoms with Crippen molar-refractivity contribution in [2.45, 2.75) is 13.0 Å². The lowest BCUT2D eigenvalue weighted by Gasteiger charge is -2.00. The Bertz CT molecular complexity index is 596. The normalized spacial score (nSPS) is 10.9. The number of hydrogen-bond acceptors (Lipinski definition) is 5. The second kappa shape index (κ2) is 6.43. The number of rotatable bonds is 6. The van der Waals surface area contributed by atoms with Gasteiger partial charge in [0.2, 0.25) is 0 Å². The summed E-state index contributed by atoms with van der Waals surface area (Å²) in [5.41, 5.74) is 4.42. The Balaban J connectivity index is 1.48. The van der Waals surface area contributed by atoms with Gasteiger partial charge in [-0.05, 0) is 22.9 Å². The summed E-state index contributed by atoms with van der Waals surface area (Å²) in [5.74, 6) is 0. The molecule has 3 rings (SSSR count). The molecule has 0 amide bonds. The molecule has 0 fully saturated rings. The molecule has 0 aliphatic rings. The molecule has 0 spiro atoms. The van der Waals surface area contributed by atoms with Crippen LogP contribution in [0.5, 0.6) is 0 Å². The number of nitrogens with one attached hydrogen (secondary N) is 1. The van der Waals surface area contributed by atoms with Gasteiger partial charge in [0.25, 0.3) is 0 Å². The average molecular weight is 306 g/mol. The molecule has 0 aliphatic carbocycles. The lowest BCUT2D eigenvalue weighted by molar-refractivity contribution is 0.688. The Morgan fingerprint density at radius 1 is 1.21 bits per heavy atom. The van der Waals surface area contributed by atoms with Crippen molar-refractivity contribution in [1.82, 2.24) is 10.3 Å². The Morgan fingerprint density at radius 2 is 2.21 bits per heavy atom. The van der Waals surface area contributed by atoms with Crippen molar-refractivity contribution in [3.05, 3.63) is 50.4 Å². The van der Waals surface area contributed by atoms with Gasteiger partial charge < -0.3 is 5.32 Å². The fourth-order valence-corrected chi connectivity index (χ4v) is 4.07. The van der Waals surface area contributed by atoms with Crippen molar-refractivity contribution in [2.24, 2.45) is 0 Å². The minimum atomic E-state index is 0.945. The van der Waals surface area contributed by atoms with Gasteiger partial charge in [0.05, 0.1) is 11.2 Å². The predicted molar refractivity (Wildman–Crippen MR) is 85.2 cm³/mol. The van der Waals surface area contributed by atoms with Crippen LogP contribution in [-0.4, -0.2) is 11.5 Å². The number of aromatic nitrogens is 1. The van der Waals surface area contributed by atoms with Gasteiger partial charge in [-0.15, -0.1) is 34.0 Å². The lowest BCUT2D eigenvalue weighted by Crippen LogP contribution is -2.15. The van der Waals surface area contributed by atoms with E-state index in [2.05, 4.69) is 44.6 Å². The molecule has 2 nitrogen and oxygen atoms in total. The van der Waals surface area contributed by atoms with E-state index >= 15 is 0 Å². The molecule has 0 bridgehead atoms. The monoisotopic (exact) mass is 306 g/mol. The molecule has 0 aromatic carbocycles. The van der Waals surface area contributed by atoms with Crippen LogP contribution in [0.1, 0.15) is 10.6 Å². The van der Waals surface area contributed by atoms with Gasteiger partial charge in [-0.2, -0.15) is 0 Å². The summed E-state index contributed by atoms with van der Waals surface area (Å²) < 4.78 is 0. The van der Waals surface area contributed by atoms with Gasteiger partial charge in [0.15, 0.2) is 0 Å². The summed E-state index contributed by atoms with van der Waals surface area (Å²) in [6.07, 6.45) is 1.01. The van der Waals surface area contributed by atoms with Crippen molar-refractivity contribution < 1.29 is 0 Å². The van der Waals surface area contributed by atoms with Crippen LogP contribution < -0.4 is 5.32 Å². The first kappa shape index (κ1) is 13.0. The fraction of sp³-hybridized carbons (Fsp3) is 0.214. The molecule has 3 aromatic heterocycles. The predicted octanol–water partition coefficient (Wildman–Crippen LogP) is 4.27. The smallest absolute Gasteiger partial charge is 0.0794 e. The van der Waals surface area contributed by atoms with Crippen LogP contribution in [0.3, 0.4) is 0 Å². The molecule has 0 radical (unpaired) electrons. The molecule has 3 aromatic rings. The molecule has 0 unspecified atom stereocenters. The van der Waals surface area contributed by atoms with Crippen LogP contribution in [0.2, 0.25) is 0 Å². The van der Waals surface area contributed by atoms with E-state index in [1.54, 1.807) is 22.7 Å². The highest BCUT2D eigenvalue weighted by molar-refractivity contribution is 7.14. The van der Waals surface area contributed by atoms with Crippen molar-refractivity contribution >= 4 is 34.0 Å². The van der Waals surface area contributed by atoms with Crippen LogP contribution >= 0.6 is 34.0 Å². The zero-order valence-electron chi connectivity index (χ0n) is 10.3. The minimum Gasteiger partial charge on any atom is -0.311 e. The van der Waals surface area contributed by atoms with Gasteiger partial charge >= 0.3 is 0 Å². The largest absolute Gasteiger partial charge is 0.311 e. The Hall–Kier alpha value is -1.01. The molecule has 5 heteroatoms.